The van der Waals surface area contributed by atoms with Crippen molar-refractivity contribution in [3.63, 3.8) is 0 Å². The molecule has 2 N–H and O–H groups in total. The van der Waals surface area contributed by atoms with Crippen LogP contribution in [0.1, 0.15) is 6.42 Å². The van der Waals surface area contributed by atoms with Crippen LogP contribution in [0, 0.1) is 0 Å². The van der Waals surface area contributed by atoms with Crippen LogP contribution in [-0.2, 0) is 4.57 Å². The highest BCUT2D eigenvalue weighted by Crippen LogP contribution is 2.53. The molecule has 0 aliphatic heterocycles. The Labute approximate surface area is 73.9 Å². The molecule has 0 radical (unpaired) electrons. The maximum absolute atomic E-state index is 11.8. The predicted molar refractivity (Wildman–Crippen MR) is 32.6 cm³/mol. The molecular weight excluding hydrogens is 241 g/mol. The Bertz CT molecular complexity index is 238. The van der Waals surface area contributed by atoms with Gasteiger partial charge < -0.3 is 9.79 Å². The fraction of sp³-hybridized carbons (Fsp3) is 1.00. The summed E-state index contributed by atoms with van der Waals surface area (Å²) in [6.07, 6.45) is -13.4. The molecule has 0 aromatic carbocycles. The molecule has 0 spiro atoms. The van der Waals surface area contributed by atoms with E-state index >= 15 is 0 Å². The van der Waals surface area contributed by atoms with Gasteiger partial charge in [-0.15, -0.1) is 0 Å². The van der Waals surface area contributed by atoms with E-state index in [1.165, 1.54) is 0 Å². The maximum atomic E-state index is 11.8. The van der Waals surface area contributed by atoms with Gasteiger partial charge in [0, 0.05) is 0 Å². The zero-order valence-corrected chi connectivity index (χ0v) is 7.20. The first kappa shape index (κ1) is 13.7. The molecule has 0 bridgehead atoms. The minimum Gasteiger partial charge on any atom is -0.324 e. The molecule has 0 aromatic rings. The largest absolute Gasteiger partial charge is 0.403 e. The van der Waals surface area contributed by atoms with Gasteiger partial charge in [-0.05, 0) is 0 Å². The van der Waals surface area contributed by atoms with Gasteiger partial charge in [0.2, 0.25) is 0 Å². The minimum absolute atomic E-state index is 2.58. The van der Waals surface area contributed by atoms with Gasteiger partial charge in [-0.25, -0.2) is 0 Å². The molecule has 1 atom stereocenters. The van der Waals surface area contributed by atoms with Crippen LogP contribution in [0.3, 0.4) is 0 Å². The smallest absolute Gasteiger partial charge is 0.324 e. The number of rotatable bonds is 2. The van der Waals surface area contributed by atoms with Crippen molar-refractivity contribution in [3.05, 3.63) is 0 Å². The average molecular weight is 246 g/mol. The van der Waals surface area contributed by atoms with Gasteiger partial charge in [0.25, 0.3) is 0 Å². The molecule has 0 saturated heterocycles. The van der Waals surface area contributed by atoms with Crippen molar-refractivity contribution in [2.75, 3.05) is 0 Å². The van der Waals surface area contributed by atoms with E-state index in [1.54, 1.807) is 0 Å². The third-order valence-electron chi connectivity index (χ3n) is 1.21. The predicted octanol–water partition coefficient (Wildman–Crippen LogP) is 2.05. The summed E-state index contributed by atoms with van der Waals surface area (Å²) >= 11 is 0. The van der Waals surface area contributed by atoms with Crippen molar-refractivity contribution in [2.45, 2.75) is 24.4 Å². The first-order valence-corrected chi connectivity index (χ1v) is 4.71. The second-order valence-electron chi connectivity index (χ2n) is 2.47. The Morgan fingerprint density at radius 2 is 1.43 bits per heavy atom. The van der Waals surface area contributed by atoms with Crippen LogP contribution >= 0.6 is 7.60 Å². The van der Waals surface area contributed by atoms with E-state index in [-0.39, 0.29) is 0 Å². The number of hydrogen-bond donors (Lipinski definition) is 2. The van der Waals surface area contributed by atoms with Crippen LogP contribution in [0.5, 0.6) is 0 Å². The van der Waals surface area contributed by atoms with Crippen molar-refractivity contribution < 1.29 is 40.7 Å². The lowest BCUT2D eigenvalue weighted by Crippen LogP contribution is -2.33. The highest BCUT2D eigenvalue weighted by Gasteiger charge is 2.55. The Morgan fingerprint density at radius 3 is 1.50 bits per heavy atom. The molecule has 0 aliphatic carbocycles. The molecule has 86 valence electrons. The second kappa shape index (κ2) is 3.71. The summed E-state index contributed by atoms with van der Waals surface area (Å²) < 4.78 is 80.0. The van der Waals surface area contributed by atoms with Crippen LogP contribution in [0.2, 0.25) is 0 Å². The molecule has 0 aliphatic rings. The van der Waals surface area contributed by atoms with Crippen LogP contribution in [0.25, 0.3) is 0 Å². The monoisotopic (exact) mass is 246 g/mol. The Morgan fingerprint density at radius 1 is 1.07 bits per heavy atom. The quantitative estimate of drug-likeness (QED) is 0.579. The van der Waals surface area contributed by atoms with E-state index in [4.69, 9.17) is 9.79 Å². The standard InChI is InChI=1S/C4H5F6O3P/c5-3(6,7)1-2(4(8,9)10)14(11,12)13/h2H,1H2,(H2,11,12,13). The normalized spacial score (nSPS) is 16.9. The Balaban J connectivity index is 4.88. The number of halogens is 6. The van der Waals surface area contributed by atoms with E-state index in [2.05, 4.69) is 0 Å². The molecule has 0 rings (SSSR count). The lowest BCUT2D eigenvalue weighted by molar-refractivity contribution is -0.182. The van der Waals surface area contributed by atoms with Gasteiger partial charge in [-0.1, -0.05) is 0 Å². The van der Waals surface area contributed by atoms with Crippen molar-refractivity contribution in [1.29, 1.82) is 0 Å². The first-order chi connectivity index (χ1) is 5.84. The topological polar surface area (TPSA) is 57.5 Å². The average Bonchev–Trinajstić information content (AvgIpc) is 1.75. The molecule has 0 fully saturated rings. The minimum atomic E-state index is -5.84. The second-order valence-corrected chi connectivity index (χ2v) is 4.27. The fourth-order valence-electron chi connectivity index (χ4n) is 0.645. The molecule has 0 amide bonds. The van der Waals surface area contributed by atoms with E-state index in [9.17, 15) is 30.9 Å². The molecule has 10 heteroatoms. The van der Waals surface area contributed by atoms with Gasteiger partial charge in [0.1, 0.15) is 0 Å². The van der Waals surface area contributed by atoms with E-state index in [0.29, 0.717) is 0 Å². The number of alkyl halides is 6. The third kappa shape index (κ3) is 4.83. The first-order valence-electron chi connectivity index (χ1n) is 3.03. The lowest BCUT2D eigenvalue weighted by Gasteiger charge is -2.22. The van der Waals surface area contributed by atoms with E-state index in [0.717, 1.165) is 0 Å². The fourth-order valence-corrected chi connectivity index (χ4v) is 1.47. The van der Waals surface area contributed by atoms with Crippen LogP contribution < -0.4 is 0 Å². The van der Waals surface area contributed by atoms with Crippen molar-refractivity contribution in [1.82, 2.24) is 0 Å². The SMILES string of the molecule is O=P(O)(O)C(CC(F)(F)F)C(F)(F)F. The molecule has 0 aromatic heterocycles. The Hall–Kier alpha value is -0.270. The molecule has 0 heterocycles. The third-order valence-corrected chi connectivity index (χ3v) is 2.50. The van der Waals surface area contributed by atoms with Gasteiger partial charge in [0.15, 0.2) is 5.66 Å². The van der Waals surface area contributed by atoms with Crippen molar-refractivity contribution >= 4 is 7.60 Å². The summed E-state index contributed by atoms with van der Waals surface area (Å²) in [5.74, 6) is 0. The molecule has 0 saturated carbocycles. The van der Waals surface area contributed by atoms with E-state index in [1.807, 2.05) is 0 Å². The van der Waals surface area contributed by atoms with Gasteiger partial charge in [0.05, 0.1) is 6.42 Å². The summed E-state index contributed by atoms with van der Waals surface area (Å²) in [6.45, 7) is 0. The summed E-state index contributed by atoms with van der Waals surface area (Å²) in [6, 6.07) is 0. The molecule has 3 nitrogen and oxygen atoms in total. The van der Waals surface area contributed by atoms with Crippen molar-refractivity contribution in [3.8, 4) is 0 Å². The Kier molecular flexibility index (Phi) is 3.64. The maximum Gasteiger partial charge on any atom is 0.403 e. The summed E-state index contributed by atoms with van der Waals surface area (Å²) in [7, 11) is -5.84. The zero-order valence-electron chi connectivity index (χ0n) is 6.30. The van der Waals surface area contributed by atoms with Crippen LogP contribution in [0.4, 0.5) is 26.3 Å². The molecule has 1 unspecified atom stereocenters. The molecular formula is C4H5F6O3P. The lowest BCUT2D eigenvalue weighted by atomic mass is 10.3. The highest BCUT2D eigenvalue weighted by atomic mass is 31.2. The number of hydrogen-bond acceptors (Lipinski definition) is 1. The summed E-state index contributed by atoms with van der Waals surface area (Å²) in [5, 5.41) is 0. The summed E-state index contributed by atoms with van der Waals surface area (Å²) in [5.41, 5.74) is -3.69. The van der Waals surface area contributed by atoms with Gasteiger partial charge in [-0.2, -0.15) is 26.3 Å². The van der Waals surface area contributed by atoms with Gasteiger partial charge >= 0.3 is 19.9 Å². The zero-order chi connectivity index (χ0) is 11.8. The van der Waals surface area contributed by atoms with E-state index < -0.39 is 32.0 Å². The molecule has 14 heavy (non-hydrogen) atoms. The summed E-state index contributed by atoms with van der Waals surface area (Å²) in [4.78, 5) is 16.1. The van der Waals surface area contributed by atoms with Crippen molar-refractivity contribution in [2.24, 2.45) is 0 Å². The van der Waals surface area contributed by atoms with Crippen LogP contribution in [-0.4, -0.2) is 27.8 Å². The highest BCUT2D eigenvalue weighted by molar-refractivity contribution is 7.52. The van der Waals surface area contributed by atoms with Gasteiger partial charge in [-0.3, -0.25) is 4.57 Å². The van der Waals surface area contributed by atoms with Crippen LogP contribution in [0.15, 0.2) is 0 Å².